The summed E-state index contributed by atoms with van der Waals surface area (Å²) < 4.78 is 26.9. The number of anilines is 2. The highest BCUT2D eigenvalue weighted by Crippen LogP contribution is 2.26. The molecule has 1 aromatic heterocycles. The van der Waals surface area contributed by atoms with Crippen LogP contribution in [0.4, 0.5) is 11.4 Å². The van der Waals surface area contributed by atoms with Gasteiger partial charge in [-0.25, -0.2) is 8.42 Å². The fourth-order valence-corrected chi connectivity index (χ4v) is 6.09. The van der Waals surface area contributed by atoms with Crippen molar-refractivity contribution >= 4 is 44.4 Å². The molecule has 1 amide bonds. The summed E-state index contributed by atoms with van der Waals surface area (Å²) in [6.07, 6.45) is 0. The quantitative estimate of drug-likeness (QED) is 0.281. The van der Waals surface area contributed by atoms with Crippen LogP contribution in [0.5, 0.6) is 0 Å². The summed E-state index contributed by atoms with van der Waals surface area (Å²) >= 11 is 1.15. The van der Waals surface area contributed by atoms with E-state index < -0.39 is 10.0 Å². The molecule has 3 aromatic carbocycles. The maximum atomic E-state index is 13.0. The molecule has 0 aliphatic carbocycles. The number of nitrogens with one attached hydrogen (secondary N) is 1. The SMILES string of the molecule is CN(c1ccc(C(=O)Nc2cccc(C(=O)c3ccc(C(C)(C)C)cc3)c2)cc1)S(=O)(=O)c1cccs1. The van der Waals surface area contributed by atoms with Crippen LogP contribution in [0.2, 0.25) is 0 Å². The van der Waals surface area contributed by atoms with Gasteiger partial charge in [0.25, 0.3) is 15.9 Å². The molecule has 0 spiro atoms. The third kappa shape index (κ3) is 5.81. The number of hydrogen-bond acceptors (Lipinski definition) is 5. The molecule has 190 valence electrons. The van der Waals surface area contributed by atoms with Crippen LogP contribution in [0.15, 0.2) is 94.5 Å². The van der Waals surface area contributed by atoms with E-state index in [2.05, 4.69) is 26.1 Å². The summed E-state index contributed by atoms with van der Waals surface area (Å²) in [6.45, 7) is 6.36. The largest absolute Gasteiger partial charge is 0.322 e. The lowest BCUT2D eigenvalue weighted by Gasteiger charge is -2.19. The van der Waals surface area contributed by atoms with Crippen LogP contribution < -0.4 is 9.62 Å². The minimum atomic E-state index is -3.66. The highest BCUT2D eigenvalue weighted by molar-refractivity contribution is 7.94. The van der Waals surface area contributed by atoms with Crippen LogP contribution in [0, 0.1) is 0 Å². The van der Waals surface area contributed by atoms with Gasteiger partial charge in [-0.2, -0.15) is 0 Å². The Morgan fingerprint density at radius 3 is 2.05 bits per heavy atom. The van der Waals surface area contributed by atoms with E-state index >= 15 is 0 Å². The Morgan fingerprint density at radius 1 is 0.811 bits per heavy atom. The van der Waals surface area contributed by atoms with E-state index in [1.165, 1.54) is 11.4 Å². The molecule has 4 aromatic rings. The fraction of sp³-hybridized carbons (Fsp3) is 0.172. The summed E-state index contributed by atoms with van der Waals surface area (Å²) in [4.78, 5) is 25.9. The van der Waals surface area contributed by atoms with Crippen molar-refractivity contribution < 1.29 is 18.0 Å². The topological polar surface area (TPSA) is 83.6 Å². The third-order valence-corrected chi connectivity index (χ3v) is 9.16. The van der Waals surface area contributed by atoms with E-state index in [9.17, 15) is 18.0 Å². The predicted octanol–water partition coefficient (Wildman–Crippen LogP) is 6.35. The minimum absolute atomic E-state index is 0.00226. The van der Waals surface area contributed by atoms with E-state index in [1.807, 2.05) is 24.3 Å². The van der Waals surface area contributed by atoms with Crippen molar-refractivity contribution in [3.8, 4) is 0 Å². The zero-order chi connectivity index (χ0) is 26.8. The zero-order valence-electron chi connectivity index (χ0n) is 21.1. The molecule has 0 aliphatic heterocycles. The van der Waals surface area contributed by atoms with Gasteiger partial charge in [0.05, 0.1) is 5.69 Å². The molecule has 0 aliphatic rings. The number of nitrogens with zero attached hydrogens (tertiary/aromatic N) is 1. The van der Waals surface area contributed by atoms with E-state index in [4.69, 9.17) is 0 Å². The summed E-state index contributed by atoms with van der Waals surface area (Å²) in [5.41, 5.74) is 3.48. The Hall–Kier alpha value is -3.75. The zero-order valence-corrected chi connectivity index (χ0v) is 22.7. The minimum Gasteiger partial charge on any atom is -0.322 e. The van der Waals surface area contributed by atoms with Crippen molar-refractivity contribution in [1.82, 2.24) is 0 Å². The van der Waals surface area contributed by atoms with Crippen molar-refractivity contribution in [1.29, 1.82) is 0 Å². The average molecular weight is 533 g/mol. The van der Waals surface area contributed by atoms with Gasteiger partial charge >= 0.3 is 0 Å². The highest BCUT2D eigenvalue weighted by atomic mass is 32.2. The number of hydrogen-bond donors (Lipinski definition) is 1. The molecule has 0 saturated heterocycles. The van der Waals surface area contributed by atoms with Gasteiger partial charge in [-0.1, -0.05) is 63.2 Å². The number of rotatable bonds is 7. The molecule has 6 nitrogen and oxygen atoms in total. The number of sulfonamides is 1. The summed E-state index contributed by atoms with van der Waals surface area (Å²) in [7, 11) is -2.18. The predicted molar refractivity (Wildman–Crippen MR) is 149 cm³/mol. The molecule has 8 heteroatoms. The number of amides is 1. The van der Waals surface area contributed by atoms with Gasteiger partial charge in [0.15, 0.2) is 5.78 Å². The first-order valence-electron chi connectivity index (χ1n) is 11.7. The number of ketones is 1. The molecular weight excluding hydrogens is 504 g/mol. The molecule has 0 fully saturated rings. The van der Waals surface area contributed by atoms with Crippen LogP contribution in [0.25, 0.3) is 0 Å². The molecule has 0 radical (unpaired) electrons. The summed E-state index contributed by atoms with van der Waals surface area (Å²) in [6, 6.07) is 23.9. The van der Waals surface area contributed by atoms with Crippen LogP contribution in [-0.4, -0.2) is 27.2 Å². The normalized spacial score (nSPS) is 11.7. The first-order chi connectivity index (χ1) is 17.5. The maximum Gasteiger partial charge on any atom is 0.273 e. The molecule has 0 unspecified atom stereocenters. The Kier molecular flexibility index (Phi) is 7.34. The molecule has 1 heterocycles. The van der Waals surface area contributed by atoms with Crippen LogP contribution in [0.1, 0.15) is 52.6 Å². The third-order valence-electron chi connectivity index (χ3n) is 6.00. The number of carbonyl (C=O) groups is 2. The molecule has 0 atom stereocenters. The van der Waals surface area contributed by atoms with E-state index in [1.54, 1.807) is 66.0 Å². The summed E-state index contributed by atoms with van der Waals surface area (Å²) in [5.74, 6) is -0.495. The fourth-order valence-electron chi connectivity index (χ4n) is 3.74. The van der Waals surface area contributed by atoms with Crippen molar-refractivity contribution in [2.75, 3.05) is 16.7 Å². The van der Waals surface area contributed by atoms with Crippen molar-refractivity contribution in [3.63, 3.8) is 0 Å². The number of carbonyl (C=O) groups excluding carboxylic acids is 2. The van der Waals surface area contributed by atoms with Gasteiger partial charge in [0.2, 0.25) is 0 Å². The van der Waals surface area contributed by atoms with Crippen LogP contribution >= 0.6 is 11.3 Å². The number of benzene rings is 3. The second-order valence-electron chi connectivity index (χ2n) is 9.64. The second-order valence-corrected chi connectivity index (χ2v) is 12.8. The van der Waals surface area contributed by atoms with Gasteiger partial charge in [-0.3, -0.25) is 13.9 Å². The average Bonchev–Trinajstić information content (AvgIpc) is 3.44. The first kappa shape index (κ1) is 26.3. The second kappa shape index (κ2) is 10.3. The molecule has 37 heavy (non-hydrogen) atoms. The van der Waals surface area contributed by atoms with Crippen molar-refractivity contribution in [2.24, 2.45) is 0 Å². The Bertz CT molecular complexity index is 1520. The van der Waals surface area contributed by atoms with Crippen molar-refractivity contribution in [3.05, 3.63) is 113 Å². The Balaban J connectivity index is 1.46. The standard InChI is InChI=1S/C29H28N2O4S2/c1-29(2,3)23-14-10-20(11-15-23)27(32)22-7-5-8-24(19-22)30-28(33)21-12-16-25(17-13-21)31(4)37(34,35)26-9-6-18-36-26/h5-19H,1-4H3,(H,30,33). The van der Waals surface area contributed by atoms with E-state index in [0.29, 0.717) is 28.1 Å². The van der Waals surface area contributed by atoms with E-state index in [-0.39, 0.29) is 21.3 Å². The smallest absolute Gasteiger partial charge is 0.273 e. The lowest BCUT2D eigenvalue weighted by molar-refractivity contribution is 0.102. The van der Waals surface area contributed by atoms with Gasteiger partial charge in [-0.05, 0) is 58.8 Å². The maximum absolute atomic E-state index is 13.0. The first-order valence-corrected chi connectivity index (χ1v) is 14.0. The van der Waals surface area contributed by atoms with Crippen LogP contribution in [0.3, 0.4) is 0 Å². The highest BCUT2D eigenvalue weighted by Gasteiger charge is 2.22. The number of thiophene rings is 1. The Labute approximate surface area is 221 Å². The van der Waals surface area contributed by atoms with Gasteiger partial charge in [-0.15, -0.1) is 11.3 Å². The monoisotopic (exact) mass is 532 g/mol. The van der Waals surface area contributed by atoms with Gasteiger partial charge in [0, 0.05) is 29.4 Å². The molecule has 0 saturated carbocycles. The Morgan fingerprint density at radius 2 is 1.46 bits per heavy atom. The lowest BCUT2D eigenvalue weighted by atomic mass is 9.86. The molecular formula is C29H28N2O4S2. The van der Waals surface area contributed by atoms with Gasteiger partial charge in [0.1, 0.15) is 4.21 Å². The van der Waals surface area contributed by atoms with E-state index in [0.717, 1.165) is 16.9 Å². The summed E-state index contributed by atoms with van der Waals surface area (Å²) in [5, 5.41) is 4.52. The lowest BCUT2D eigenvalue weighted by Crippen LogP contribution is -2.25. The van der Waals surface area contributed by atoms with Gasteiger partial charge < -0.3 is 5.32 Å². The molecule has 1 N–H and O–H groups in total. The van der Waals surface area contributed by atoms with Crippen LogP contribution in [-0.2, 0) is 15.4 Å². The van der Waals surface area contributed by atoms with Crippen molar-refractivity contribution in [2.45, 2.75) is 30.4 Å². The molecule has 0 bridgehead atoms. The molecule has 4 rings (SSSR count).